The standard InChI is InChI=1S/C7H7BrN2/c1-2-9-7-4-3-6(8)5-10-7/h2-5H,1H2,(H,9,10). The van der Waals surface area contributed by atoms with Gasteiger partial charge in [0, 0.05) is 10.7 Å². The molecule has 0 spiro atoms. The summed E-state index contributed by atoms with van der Waals surface area (Å²) in [5.41, 5.74) is 0. The van der Waals surface area contributed by atoms with Gasteiger partial charge in [-0.3, -0.25) is 0 Å². The Labute approximate surface area is 68.1 Å². The van der Waals surface area contributed by atoms with Crippen molar-refractivity contribution in [2.45, 2.75) is 0 Å². The summed E-state index contributed by atoms with van der Waals surface area (Å²) in [6.07, 6.45) is 3.32. The van der Waals surface area contributed by atoms with E-state index in [1.54, 1.807) is 12.4 Å². The minimum Gasteiger partial charge on any atom is -0.347 e. The molecular weight excluding hydrogens is 192 g/mol. The van der Waals surface area contributed by atoms with Gasteiger partial charge in [0.05, 0.1) is 0 Å². The topological polar surface area (TPSA) is 24.9 Å². The summed E-state index contributed by atoms with van der Waals surface area (Å²) in [6, 6.07) is 3.78. The van der Waals surface area contributed by atoms with Gasteiger partial charge in [-0.2, -0.15) is 0 Å². The van der Waals surface area contributed by atoms with E-state index >= 15 is 0 Å². The monoisotopic (exact) mass is 198 g/mol. The lowest BCUT2D eigenvalue weighted by Gasteiger charge is -1.96. The number of hydrogen-bond acceptors (Lipinski definition) is 2. The van der Waals surface area contributed by atoms with Crippen molar-refractivity contribution in [2.24, 2.45) is 0 Å². The number of nitrogens with zero attached hydrogens (tertiary/aromatic N) is 1. The van der Waals surface area contributed by atoms with Crippen molar-refractivity contribution in [2.75, 3.05) is 5.32 Å². The van der Waals surface area contributed by atoms with Crippen LogP contribution in [-0.2, 0) is 0 Å². The van der Waals surface area contributed by atoms with Gasteiger partial charge < -0.3 is 5.32 Å². The predicted octanol–water partition coefficient (Wildman–Crippen LogP) is 2.40. The van der Waals surface area contributed by atoms with E-state index in [4.69, 9.17) is 0 Å². The predicted molar refractivity (Wildman–Crippen MR) is 45.8 cm³/mol. The van der Waals surface area contributed by atoms with Crippen molar-refractivity contribution < 1.29 is 0 Å². The van der Waals surface area contributed by atoms with Crippen LogP contribution in [-0.4, -0.2) is 4.98 Å². The second-order valence-electron chi connectivity index (χ2n) is 1.71. The number of rotatable bonds is 2. The largest absolute Gasteiger partial charge is 0.347 e. The highest BCUT2D eigenvalue weighted by atomic mass is 79.9. The van der Waals surface area contributed by atoms with Crippen molar-refractivity contribution in [1.29, 1.82) is 0 Å². The van der Waals surface area contributed by atoms with Crippen LogP contribution in [0.1, 0.15) is 0 Å². The zero-order chi connectivity index (χ0) is 7.40. The Morgan fingerprint density at radius 2 is 2.40 bits per heavy atom. The quantitative estimate of drug-likeness (QED) is 0.790. The fraction of sp³-hybridized carbons (Fsp3) is 0. The number of aromatic nitrogens is 1. The van der Waals surface area contributed by atoms with Gasteiger partial charge in [0.1, 0.15) is 5.82 Å². The second-order valence-corrected chi connectivity index (χ2v) is 2.63. The Balaban J connectivity index is 2.78. The molecule has 10 heavy (non-hydrogen) atoms. The Bertz CT molecular complexity index is 218. The number of hydrogen-bond donors (Lipinski definition) is 1. The molecule has 0 saturated heterocycles. The molecular formula is C7H7BrN2. The summed E-state index contributed by atoms with van der Waals surface area (Å²) in [6.45, 7) is 3.52. The molecule has 0 fully saturated rings. The summed E-state index contributed by atoms with van der Waals surface area (Å²) < 4.78 is 0.974. The van der Waals surface area contributed by atoms with Crippen LogP contribution in [0, 0.1) is 0 Å². The van der Waals surface area contributed by atoms with Crippen LogP contribution in [0.2, 0.25) is 0 Å². The van der Waals surface area contributed by atoms with Crippen molar-refractivity contribution in [3.63, 3.8) is 0 Å². The van der Waals surface area contributed by atoms with E-state index in [1.165, 1.54) is 0 Å². The lowest BCUT2D eigenvalue weighted by molar-refractivity contribution is 1.29. The number of halogens is 1. The van der Waals surface area contributed by atoms with Gasteiger partial charge in [-0.25, -0.2) is 4.98 Å². The molecule has 0 atom stereocenters. The smallest absolute Gasteiger partial charge is 0.129 e. The molecule has 0 amide bonds. The van der Waals surface area contributed by atoms with E-state index < -0.39 is 0 Å². The Morgan fingerprint density at radius 1 is 1.60 bits per heavy atom. The maximum atomic E-state index is 4.04. The van der Waals surface area contributed by atoms with Crippen LogP contribution < -0.4 is 5.32 Å². The van der Waals surface area contributed by atoms with Gasteiger partial charge >= 0.3 is 0 Å². The van der Waals surface area contributed by atoms with Crippen LogP contribution in [0.5, 0.6) is 0 Å². The van der Waals surface area contributed by atoms with Gasteiger partial charge in [-0.1, -0.05) is 6.58 Å². The first-order valence-electron chi connectivity index (χ1n) is 2.82. The van der Waals surface area contributed by atoms with E-state index in [1.807, 2.05) is 12.1 Å². The van der Waals surface area contributed by atoms with Crippen molar-refractivity contribution >= 4 is 21.7 Å². The lowest BCUT2D eigenvalue weighted by Crippen LogP contribution is -1.88. The third kappa shape index (κ3) is 1.84. The van der Waals surface area contributed by atoms with Gasteiger partial charge in [0.2, 0.25) is 0 Å². The molecule has 1 N–H and O–H groups in total. The van der Waals surface area contributed by atoms with Crippen molar-refractivity contribution in [3.05, 3.63) is 35.6 Å². The average molecular weight is 199 g/mol. The highest BCUT2D eigenvalue weighted by Crippen LogP contribution is 2.09. The number of nitrogens with one attached hydrogen (secondary N) is 1. The minimum atomic E-state index is 0.804. The van der Waals surface area contributed by atoms with E-state index in [9.17, 15) is 0 Å². The normalized spacial score (nSPS) is 8.90. The summed E-state index contributed by atoms with van der Waals surface area (Å²) in [4.78, 5) is 4.04. The molecule has 0 saturated carbocycles. The van der Waals surface area contributed by atoms with E-state index in [2.05, 4.69) is 32.8 Å². The molecule has 1 aromatic rings. The molecule has 0 aromatic carbocycles. The Kier molecular flexibility index (Phi) is 2.45. The first kappa shape index (κ1) is 7.28. The van der Waals surface area contributed by atoms with E-state index in [-0.39, 0.29) is 0 Å². The molecule has 2 nitrogen and oxygen atoms in total. The van der Waals surface area contributed by atoms with Crippen LogP contribution in [0.25, 0.3) is 0 Å². The van der Waals surface area contributed by atoms with E-state index in [0.29, 0.717) is 0 Å². The maximum absolute atomic E-state index is 4.04. The zero-order valence-corrected chi connectivity index (χ0v) is 6.93. The Morgan fingerprint density at radius 3 is 2.90 bits per heavy atom. The van der Waals surface area contributed by atoms with Gasteiger partial charge in [-0.05, 0) is 34.3 Å². The Hall–Kier alpha value is -0.830. The number of anilines is 1. The molecule has 0 radical (unpaired) electrons. The minimum absolute atomic E-state index is 0.804. The molecule has 0 aliphatic rings. The molecule has 3 heteroatoms. The number of pyridine rings is 1. The molecule has 1 aromatic heterocycles. The van der Waals surface area contributed by atoms with Crippen molar-refractivity contribution in [3.8, 4) is 0 Å². The third-order valence-electron chi connectivity index (χ3n) is 0.977. The second kappa shape index (κ2) is 3.37. The first-order chi connectivity index (χ1) is 4.83. The molecule has 0 aliphatic heterocycles. The molecule has 0 unspecified atom stereocenters. The molecule has 1 rings (SSSR count). The molecule has 52 valence electrons. The van der Waals surface area contributed by atoms with Crippen LogP contribution in [0.4, 0.5) is 5.82 Å². The first-order valence-corrected chi connectivity index (χ1v) is 3.61. The zero-order valence-electron chi connectivity index (χ0n) is 5.34. The average Bonchev–Trinajstić information content (AvgIpc) is 1.95. The van der Waals surface area contributed by atoms with E-state index in [0.717, 1.165) is 10.3 Å². The summed E-state index contributed by atoms with van der Waals surface area (Å²) >= 11 is 3.28. The lowest BCUT2D eigenvalue weighted by atomic mass is 10.5. The summed E-state index contributed by atoms with van der Waals surface area (Å²) in [5, 5.41) is 2.87. The highest BCUT2D eigenvalue weighted by Gasteiger charge is 1.87. The summed E-state index contributed by atoms with van der Waals surface area (Å²) in [5.74, 6) is 0.804. The highest BCUT2D eigenvalue weighted by molar-refractivity contribution is 9.10. The molecule has 0 aliphatic carbocycles. The SMILES string of the molecule is C=CNc1ccc(Br)cn1. The maximum Gasteiger partial charge on any atom is 0.129 e. The van der Waals surface area contributed by atoms with Crippen LogP contribution >= 0.6 is 15.9 Å². The van der Waals surface area contributed by atoms with Crippen LogP contribution in [0.15, 0.2) is 35.6 Å². The third-order valence-corrected chi connectivity index (χ3v) is 1.45. The van der Waals surface area contributed by atoms with Gasteiger partial charge in [0.25, 0.3) is 0 Å². The molecule has 0 bridgehead atoms. The molecule has 1 heterocycles. The van der Waals surface area contributed by atoms with Crippen molar-refractivity contribution in [1.82, 2.24) is 4.98 Å². The van der Waals surface area contributed by atoms with Gasteiger partial charge in [-0.15, -0.1) is 0 Å². The fourth-order valence-electron chi connectivity index (χ4n) is 0.566. The van der Waals surface area contributed by atoms with Crippen LogP contribution in [0.3, 0.4) is 0 Å². The summed E-state index contributed by atoms with van der Waals surface area (Å²) in [7, 11) is 0. The van der Waals surface area contributed by atoms with Gasteiger partial charge in [0.15, 0.2) is 0 Å². The fourth-order valence-corrected chi connectivity index (χ4v) is 0.800.